The molecule has 0 saturated carbocycles. The molecule has 0 radical (unpaired) electrons. The first kappa shape index (κ1) is 27.7. The van der Waals surface area contributed by atoms with E-state index in [-0.39, 0.29) is 11.8 Å². The van der Waals surface area contributed by atoms with Gasteiger partial charge in [0.2, 0.25) is 5.91 Å². The maximum absolute atomic E-state index is 14.3. The molecular formula is C34H39NO2S. The van der Waals surface area contributed by atoms with Crippen molar-refractivity contribution in [3.05, 3.63) is 118 Å². The summed E-state index contributed by atoms with van der Waals surface area (Å²) in [7, 11) is 0. The van der Waals surface area contributed by atoms with Gasteiger partial charge in [0.15, 0.2) is 0 Å². The van der Waals surface area contributed by atoms with E-state index in [1.165, 1.54) is 15.3 Å². The Bertz CT molecular complexity index is 1300. The molecule has 1 unspecified atom stereocenters. The number of amides is 1. The first-order chi connectivity index (χ1) is 18.4. The Morgan fingerprint density at radius 3 is 2.53 bits per heavy atom. The van der Waals surface area contributed by atoms with Crippen molar-refractivity contribution >= 4 is 22.9 Å². The average Bonchev–Trinajstić information content (AvgIpc) is 3.41. The van der Waals surface area contributed by atoms with Gasteiger partial charge in [0.25, 0.3) is 0 Å². The van der Waals surface area contributed by atoms with Crippen molar-refractivity contribution in [2.75, 3.05) is 11.5 Å². The number of carbonyl (C=O) groups is 1. The fourth-order valence-corrected chi connectivity index (χ4v) is 6.02. The molecule has 0 N–H and O–H groups in total. The van der Waals surface area contributed by atoms with Crippen molar-refractivity contribution < 1.29 is 9.53 Å². The largest absolute Gasteiger partial charge is 0.489 e. The minimum Gasteiger partial charge on any atom is -0.489 e. The molecule has 4 heteroatoms. The Hall–Kier alpha value is -3.37. The molecular weight excluding hydrogens is 486 g/mol. The monoisotopic (exact) mass is 525 g/mol. The Labute approximate surface area is 232 Å². The summed E-state index contributed by atoms with van der Waals surface area (Å²) in [5, 5.41) is 0. The summed E-state index contributed by atoms with van der Waals surface area (Å²) >= 11 is 1.80. The van der Waals surface area contributed by atoms with E-state index in [1.54, 1.807) is 23.5 Å². The molecule has 0 saturated heterocycles. The summed E-state index contributed by atoms with van der Waals surface area (Å²) in [6.07, 6.45) is 9.17. The van der Waals surface area contributed by atoms with Gasteiger partial charge >= 0.3 is 0 Å². The van der Waals surface area contributed by atoms with Gasteiger partial charge in [-0.25, -0.2) is 0 Å². The minimum atomic E-state index is -0.194. The molecule has 0 bridgehead atoms. The number of allylic oxidation sites excluding steroid dienone is 2. The smallest absolute Gasteiger partial charge is 0.234 e. The van der Waals surface area contributed by atoms with Crippen molar-refractivity contribution in [1.29, 1.82) is 0 Å². The third-order valence-corrected chi connectivity index (χ3v) is 8.48. The fraction of sp³-hybridized carbons (Fsp3) is 0.324. The van der Waals surface area contributed by atoms with Crippen molar-refractivity contribution in [3.8, 4) is 5.75 Å². The highest BCUT2D eigenvalue weighted by Gasteiger charge is 2.32. The normalized spacial score (nSPS) is 15.2. The van der Waals surface area contributed by atoms with E-state index in [1.807, 2.05) is 23.1 Å². The number of nitrogens with zero attached hydrogens (tertiary/aromatic N) is 1. The van der Waals surface area contributed by atoms with Gasteiger partial charge in [0.1, 0.15) is 12.4 Å². The van der Waals surface area contributed by atoms with E-state index in [9.17, 15) is 4.79 Å². The zero-order valence-electron chi connectivity index (χ0n) is 22.9. The summed E-state index contributed by atoms with van der Waals surface area (Å²) < 4.78 is 6.22. The molecule has 1 atom stereocenters. The SMILES string of the molecule is C=C/C=C(\C=C)COc1cccc2c1CCCC2C(=O)N(Cc1ccc(CC)s1)c1ccc(C(C)C)cc1. The second-order valence-electron chi connectivity index (χ2n) is 10.1. The summed E-state index contributed by atoms with van der Waals surface area (Å²) in [6, 6.07) is 19.0. The molecule has 1 aliphatic carbocycles. The first-order valence-corrected chi connectivity index (χ1v) is 14.4. The van der Waals surface area contributed by atoms with E-state index in [0.717, 1.165) is 53.8 Å². The summed E-state index contributed by atoms with van der Waals surface area (Å²) in [5.41, 5.74) is 5.45. The number of anilines is 1. The van der Waals surface area contributed by atoms with Crippen LogP contribution in [0.4, 0.5) is 5.69 Å². The molecule has 2 aromatic carbocycles. The van der Waals surface area contributed by atoms with E-state index in [0.29, 0.717) is 19.1 Å². The molecule has 4 rings (SSSR count). The molecule has 1 heterocycles. The number of rotatable bonds is 11. The maximum atomic E-state index is 14.3. The van der Waals surface area contributed by atoms with Crippen LogP contribution in [0.25, 0.3) is 0 Å². The number of ether oxygens (including phenoxy) is 1. The zero-order valence-corrected chi connectivity index (χ0v) is 23.7. The molecule has 3 nitrogen and oxygen atoms in total. The molecule has 1 aliphatic rings. The fourth-order valence-electron chi connectivity index (χ4n) is 5.07. The Kier molecular flexibility index (Phi) is 9.41. The summed E-state index contributed by atoms with van der Waals surface area (Å²) in [5.74, 6) is 1.27. The molecule has 0 aliphatic heterocycles. The van der Waals surface area contributed by atoms with Crippen LogP contribution >= 0.6 is 11.3 Å². The summed E-state index contributed by atoms with van der Waals surface area (Å²) in [6.45, 7) is 15.2. The quantitative estimate of drug-likeness (QED) is 0.234. The van der Waals surface area contributed by atoms with Crippen molar-refractivity contribution in [2.24, 2.45) is 0 Å². The predicted molar refractivity (Wildman–Crippen MR) is 162 cm³/mol. The van der Waals surface area contributed by atoms with Gasteiger partial charge in [-0.1, -0.05) is 76.4 Å². The lowest BCUT2D eigenvalue weighted by molar-refractivity contribution is -0.120. The van der Waals surface area contributed by atoms with Gasteiger partial charge in [0.05, 0.1) is 12.5 Å². The molecule has 38 heavy (non-hydrogen) atoms. The van der Waals surface area contributed by atoms with E-state index < -0.39 is 0 Å². The Morgan fingerprint density at radius 2 is 1.87 bits per heavy atom. The molecule has 3 aromatic rings. The van der Waals surface area contributed by atoms with Crippen molar-refractivity contribution in [1.82, 2.24) is 0 Å². The van der Waals surface area contributed by atoms with Crippen LogP contribution in [0.3, 0.4) is 0 Å². The molecule has 1 amide bonds. The van der Waals surface area contributed by atoms with Crippen LogP contribution in [0, 0.1) is 0 Å². The molecule has 1 aromatic heterocycles. The second-order valence-corrected chi connectivity index (χ2v) is 11.4. The second kappa shape index (κ2) is 12.9. The zero-order chi connectivity index (χ0) is 27.1. The third-order valence-electron chi connectivity index (χ3n) is 7.27. The van der Waals surface area contributed by atoms with Crippen LogP contribution in [0.5, 0.6) is 5.75 Å². The third kappa shape index (κ3) is 6.36. The highest BCUT2D eigenvalue weighted by atomic mass is 32.1. The number of fused-ring (bicyclic) bond motifs is 1. The number of benzene rings is 2. The van der Waals surface area contributed by atoms with Gasteiger partial charge in [-0.2, -0.15) is 0 Å². The van der Waals surface area contributed by atoms with Gasteiger partial charge in [-0.15, -0.1) is 11.3 Å². The lowest BCUT2D eigenvalue weighted by atomic mass is 9.81. The molecule has 0 spiro atoms. The van der Waals surface area contributed by atoms with Crippen LogP contribution < -0.4 is 9.64 Å². The average molecular weight is 526 g/mol. The van der Waals surface area contributed by atoms with Crippen LogP contribution in [0.1, 0.15) is 71.9 Å². The van der Waals surface area contributed by atoms with E-state index >= 15 is 0 Å². The predicted octanol–water partition coefficient (Wildman–Crippen LogP) is 8.76. The topological polar surface area (TPSA) is 29.5 Å². The van der Waals surface area contributed by atoms with Gasteiger partial charge in [0, 0.05) is 15.4 Å². The van der Waals surface area contributed by atoms with E-state index in [4.69, 9.17) is 4.74 Å². The minimum absolute atomic E-state index is 0.158. The van der Waals surface area contributed by atoms with Gasteiger partial charge < -0.3 is 9.64 Å². The van der Waals surface area contributed by atoms with Gasteiger partial charge in [-0.3, -0.25) is 4.79 Å². The highest BCUT2D eigenvalue weighted by Crippen LogP contribution is 2.39. The maximum Gasteiger partial charge on any atom is 0.234 e. The van der Waals surface area contributed by atoms with E-state index in [2.05, 4.69) is 76.4 Å². The highest BCUT2D eigenvalue weighted by molar-refractivity contribution is 7.12. The number of hydrogen-bond acceptors (Lipinski definition) is 3. The van der Waals surface area contributed by atoms with Crippen LogP contribution in [-0.4, -0.2) is 12.5 Å². The molecule has 0 fully saturated rings. The molecule has 198 valence electrons. The standard InChI is InChI=1S/C34H39NO2S/c1-6-11-25(7-2)23-37-33-15-10-12-30-31(33)13-9-14-32(30)34(36)35(22-29-21-20-28(8-3)38-29)27-18-16-26(17-19-27)24(4)5/h6-7,10-12,15-21,24,32H,1-2,8-9,13-14,22-23H2,3-5H3/b25-11+. The number of aryl methyl sites for hydroxylation is 1. The van der Waals surface area contributed by atoms with Crippen LogP contribution in [0.2, 0.25) is 0 Å². The number of thiophene rings is 1. The van der Waals surface area contributed by atoms with Crippen LogP contribution in [0.15, 0.2) is 91.6 Å². The number of carbonyl (C=O) groups excluding carboxylic acids is 1. The Morgan fingerprint density at radius 1 is 1.11 bits per heavy atom. The first-order valence-electron chi connectivity index (χ1n) is 13.6. The number of hydrogen-bond donors (Lipinski definition) is 0. The lowest BCUT2D eigenvalue weighted by Crippen LogP contribution is -2.36. The summed E-state index contributed by atoms with van der Waals surface area (Å²) in [4.78, 5) is 18.9. The van der Waals surface area contributed by atoms with Crippen LogP contribution in [-0.2, 0) is 24.2 Å². The Balaban J connectivity index is 1.66. The lowest BCUT2D eigenvalue weighted by Gasteiger charge is -2.32. The van der Waals surface area contributed by atoms with Crippen molar-refractivity contribution in [3.63, 3.8) is 0 Å². The van der Waals surface area contributed by atoms with Crippen molar-refractivity contribution in [2.45, 2.75) is 64.8 Å². The van der Waals surface area contributed by atoms with Gasteiger partial charge in [-0.05, 0) is 84.2 Å².